The highest BCUT2D eigenvalue weighted by atomic mass is 19.4. The predicted octanol–water partition coefficient (Wildman–Crippen LogP) is 3.50. The Morgan fingerprint density at radius 1 is 1.13 bits per heavy atom. The van der Waals surface area contributed by atoms with Crippen LogP contribution < -0.4 is 21.1 Å². The van der Waals surface area contributed by atoms with Crippen molar-refractivity contribution in [2.75, 3.05) is 42.7 Å². The van der Waals surface area contributed by atoms with Gasteiger partial charge in [-0.15, -0.1) is 0 Å². The van der Waals surface area contributed by atoms with E-state index in [0.29, 0.717) is 48.5 Å². The lowest BCUT2D eigenvalue weighted by molar-refractivity contribution is -0.590. The third-order valence-corrected chi connectivity index (χ3v) is 6.30. The summed E-state index contributed by atoms with van der Waals surface area (Å²) in [7, 11) is 0. The molecule has 0 atom stereocenters. The van der Waals surface area contributed by atoms with Crippen molar-refractivity contribution in [2.24, 2.45) is 0 Å². The van der Waals surface area contributed by atoms with E-state index in [-0.39, 0.29) is 4.73 Å². The maximum absolute atomic E-state index is 13.0. The first-order valence-electron chi connectivity index (χ1n) is 12.1. The summed E-state index contributed by atoms with van der Waals surface area (Å²) >= 11 is 0. The molecule has 0 unspecified atom stereocenters. The molecule has 0 spiro atoms. The molecule has 11 nitrogen and oxygen atoms in total. The van der Waals surface area contributed by atoms with Crippen LogP contribution in [0.1, 0.15) is 17.7 Å². The zero-order valence-corrected chi connectivity index (χ0v) is 20.6. The van der Waals surface area contributed by atoms with E-state index in [0.717, 1.165) is 42.9 Å². The van der Waals surface area contributed by atoms with Gasteiger partial charge in [-0.25, -0.2) is 19.0 Å². The highest BCUT2D eigenvalue weighted by Crippen LogP contribution is 2.32. The number of hydrogen-bond donors (Lipinski definition) is 3. The van der Waals surface area contributed by atoms with Crippen molar-refractivity contribution in [3.8, 4) is 11.1 Å². The lowest BCUT2D eigenvalue weighted by Crippen LogP contribution is -2.34. The molecule has 0 radical (unpaired) electrons. The molecule has 1 aromatic carbocycles. The second kappa shape index (κ2) is 10.7. The van der Waals surface area contributed by atoms with Crippen molar-refractivity contribution in [2.45, 2.75) is 19.1 Å². The number of ether oxygens (including phenoxy) is 1. The molecule has 4 aromatic rings. The minimum absolute atomic E-state index is 0.138. The second-order valence-corrected chi connectivity index (χ2v) is 8.98. The highest BCUT2D eigenvalue weighted by molar-refractivity contribution is 5.99. The van der Waals surface area contributed by atoms with Crippen LogP contribution in [0.25, 0.3) is 16.6 Å². The molecule has 4 N–H and O–H groups in total. The lowest BCUT2D eigenvalue weighted by Gasteiger charge is -2.18. The standard InChI is InChI=1S/C25H25F3N8O3/c26-25(27,28)17-6-8-35(38)21(12-17)33-24(37)32-18-4-2-16(3-5-18)20-13-19(14-34-7-1-10-39-11-9-34)36-22(20)23(29)30-15-31-36/h2-6,8,12-13,15H,1,7,9-11,14H2,(H2,29,30,31)(H2,32,33,37). The lowest BCUT2D eigenvalue weighted by atomic mass is 10.1. The number of fused-ring (bicyclic) bond motifs is 1. The maximum atomic E-state index is 13.0. The van der Waals surface area contributed by atoms with E-state index in [1.807, 2.05) is 6.07 Å². The minimum atomic E-state index is -4.66. The van der Waals surface area contributed by atoms with E-state index in [1.54, 1.807) is 28.8 Å². The van der Waals surface area contributed by atoms with Crippen molar-refractivity contribution in [3.05, 3.63) is 71.5 Å². The monoisotopic (exact) mass is 542 g/mol. The number of alkyl halides is 3. The van der Waals surface area contributed by atoms with Crippen LogP contribution in [0, 0.1) is 5.21 Å². The minimum Gasteiger partial charge on any atom is -0.711 e. The molecule has 204 valence electrons. The van der Waals surface area contributed by atoms with Crippen LogP contribution in [0.4, 0.5) is 35.3 Å². The van der Waals surface area contributed by atoms with Gasteiger partial charge in [0, 0.05) is 43.6 Å². The number of carbonyl (C=O) groups excluding carboxylic acids is 1. The van der Waals surface area contributed by atoms with Crippen molar-refractivity contribution < 1.29 is 27.4 Å². The predicted molar refractivity (Wildman–Crippen MR) is 137 cm³/mol. The first kappa shape index (κ1) is 26.2. The van der Waals surface area contributed by atoms with Crippen molar-refractivity contribution in [3.63, 3.8) is 0 Å². The van der Waals surface area contributed by atoms with Crippen LogP contribution in [-0.2, 0) is 17.5 Å². The van der Waals surface area contributed by atoms with Gasteiger partial charge in [-0.1, -0.05) is 12.1 Å². The van der Waals surface area contributed by atoms with Gasteiger partial charge < -0.3 is 15.7 Å². The van der Waals surface area contributed by atoms with Gasteiger partial charge >= 0.3 is 12.2 Å². The van der Waals surface area contributed by atoms with E-state index in [9.17, 15) is 23.2 Å². The molecule has 1 aliphatic rings. The number of anilines is 3. The Hall–Kier alpha value is -4.43. The first-order valence-corrected chi connectivity index (χ1v) is 12.1. The van der Waals surface area contributed by atoms with Crippen molar-refractivity contribution in [1.29, 1.82) is 0 Å². The molecular weight excluding hydrogens is 517 g/mol. The molecule has 3 aromatic heterocycles. The average Bonchev–Trinajstić information content (AvgIpc) is 3.06. The summed E-state index contributed by atoms with van der Waals surface area (Å²) in [4.78, 5) is 18.8. The number of amides is 2. The number of nitrogen functional groups attached to an aromatic ring is 1. The van der Waals surface area contributed by atoms with Gasteiger partial charge in [-0.2, -0.15) is 23.6 Å². The van der Waals surface area contributed by atoms with E-state index >= 15 is 0 Å². The molecule has 1 aliphatic heterocycles. The average molecular weight is 543 g/mol. The van der Waals surface area contributed by atoms with Crippen LogP contribution in [0.3, 0.4) is 0 Å². The van der Waals surface area contributed by atoms with Gasteiger partial charge in [-0.05, 0) is 36.2 Å². The zero-order chi connectivity index (χ0) is 27.6. The second-order valence-electron chi connectivity index (χ2n) is 8.98. The molecule has 0 saturated carbocycles. The van der Waals surface area contributed by atoms with Crippen LogP contribution in [0.5, 0.6) is 0 Å². The summed E-state index contributed by atoms with van der Waals surface area (Å²) in [5.41, 5.74) is 8.71. The quantitative estimate of drug-likeness (QED) is 0.259. The zero-order valence-electron chi connectivity index (χ0n) is 20.6. The summed E-state index contributed by atoms with van der Waals surface area (Å²) in [6.07, 6.45) is -1.63. The molecule has 1 fully saturated rings. The first-order chi connectivity index (χ1) is 18.7. The Kier molecular flexibility index (Phi) is 7.21. The number of nitrogens with two attached hydrogens (primary N) is 1. The summed E-state index contributed by atoms with van der Waals surface area (Å²) in [5, 5.41) is 20.9. The molecule has 0 bridgehead atoms. The highest BCUT2D eigenvalue weighted by Gasteiger charge is 2.32. The number of hydrogen-bond acceptors (Lipinski definition) is 7. The van der Waals surface area contributed by atoms with Gasteiger partial charge in [0.05, 0.1) is 24.1 Å². The number of nitrogens with one attached hydrogen (secondary N) is 2. The Morgan fingerprint density at radius 3 is 2.69 bits per heavy atom. The van der Waals surface area contributed by atoms with E-state index < -0.39 is 23.6 Å². The van der Waals surface area contributed by atoms with Gasteiger partial charge in [0.1, 0.15) is 11.8 Å². The van der Waals surface area contributed by atoms with Crippen molar-refractivity contribution >= 4 is 28.9 Å². The third kappa shape index (κ3) is 5.86. The summed E-state index contributed by atoms with van der Waals surface area (Å²) in [5.74, 6) is -0.239. The van der Waals surface area contributed by atoms with E-state index in [1.165, 1.54) is 6.33 Å². The molecule has 4 heterocycles. The number of benzene rings is 1. The van der Waals surface area contributed by atoms with Crippen LogP contribution in [0.15, 0.2) is 55.0 Å². The summed E-state index contributed by atoms with van der Waals surface area (Å²) in [6.45, 7) is 3.76. The van der Waals surface area contributed by atoms with Crippen LogP contribution in [0.2, 0.25) is 0 Å². The molecular formula is C25H25F3N8O3. The van der Waals surface area contributed by atoms with Crippen molar-refractivity contribution in [1.82, 2.24) is 19.5 Å². The molecule has 1 saturated heterocycles. The number of pyridine rings is 1. The number of nitrogens with zero attached hydrogens (tertiary/aromatic N) is 5. The SMILES string of the molecule is Nc1ncnn2c(CN3CCCOCC3)cc(-c3ccc(NC(=O)Nc4cc(C(F)(F)F)cc[n+]4[O-])cc3)c12. The Bertz CT molecular complexity index is 1480. The van der Waals surface area contributed by atoms with E-state index in [4.69, 9.17) is 10.5 Å². The number of carbonyl (C=O) groups is 1. The fraction of sp³-hybridized carbons (Fsp3) is 0.280. The molecule has 5 rings (SSSR count). The van der Waals surface area contributed by atoms with Crippen LogP contribution >= 0.6 is 0 Å². The van der Waals surface area contributed by atoms with E-state index in [2.05, 4.69) is 25.6 Å². The van der Waals surface area contributed by atoms with Gasteiger partial charge in [0.25, 0.3) is 5.82 Å². The smallest absolute Gasteiger partial charge is 0.416 e. The topological polar surface area (TPSA) is 137 Å². The van der Waals surface area contributed by atoms with Gasteiger partial charge in [0.15, 0.2) is 5.82 Å². The normalized spacial score (nSPS) is 14.7. The largest absolute Gasteiger partial charge is 0.711 e. The summed E-state index contributed by atoms with van der Waals surface area (Å²) < 4.78 is 46.3. The third-order valence-electron chi connectivity index (χ3n) is 6.30. The Balaban J connectivity index is 1.34. The molecule has 2 amide bonds. The molecule has 39 heavy (non-hydrogen) atoms. The maximum Gasteiger partial charge on any atom is 0.416 e. The van der Waals surface area contributed by atoms with Crippen LogP contribution in [-0.4, -0.2) is 51.8 Å². The molecule has 14 heteroatoms. The number of rotatable bonds is 5. The van der Waals surface area contributed by atoms with Gasteiger partial charge in [-0.3, -0.25) is 10.2 Å². The number of halogens is 3. The Labute approximate surface area is 220 Å². The summed E-state index contributed by atoms with van der Waals surface area (Å²) in [6, 6.07) is 9.10. The number of aromatic nitrogens is 4. The molecule has 0 aliphatic carbocycles. The fourth-order valence-corrected chi connectivity index (χ4v) is 4.42. The van der Waals surface area contributed by atoms with Gasteiger partial charge in [0.2, 0.25) is 0 Å². The Morgan fingerprint density at radius 2 is 1.92 bits per heavy atom. The number of urea groups is 1. The fourth-order valence-electron chi connectivity index (χ4n) is 4.42.